The maximum atomic E-state index is 14.1. The molecule has 3 aromatic rings. The van der Waals surface area contributed by atoms with Gasteiger partial charge in [-0.15, -0.1) is 0 Å². The zero-order chi connectivity index (χ0) is 22.5. The number of amides is 4. The number of nitrogens with zero attached hydrogens (tertiary/aromatic N) is 1. The molecule has 3 aromatic carbocycles. The standard InChI is InChI=1S/C25H22FN3O3/c26-21-14-8-7-13-19(21)16-29-24(31)20(15-27-25(29)32)23(30)28-22(17-9-3-1-4-10-17)18-11-5-2-6-12-18/h1-14,20,22H,15-16H2,(H,27,32)(H,28,30). The van der Waals surface area contributed by atoms with Gasteiger partial charge < -0.3 is 10.6 Å². The van der Waals surface area contributed by atoms with Crippen molar-refractivity contribution in [3.63, 3.8) is 0 Å². The van der Waals surface area contributed by atoms with Gasteiger partial charge in [-0.3, -0.25) is 14.5 Å². The summed E-state index contributed by atoms with van der Waals surface area (Å²) in [6.45, 7) is -0.366. The number of imide groups is 1. The van der Waals surface area contributed by atoms with Crippen molar-refractivity contribution in [1.82, 2.24) is 15.5 Å². The summed E-state index contributed by atoms with van der Waals surface area (Å²) >= 11 is 0. The van der Waals surface area contributed by atoms with Gasteiger partial charge in [-0.1, -0.05) is 78.9 Å². The molecule has 1 heterocycles. The quantitative estimate of drug-likeness (QED) is 0.587. The highest BCUT2D eigenvalue weighted by molar-refractivity contribution is 6.08. The first-order valence-electron chi connectivity index (χ1n) is 10.3. The van der Waals surface area contributed by atoms with E-state index < -0.39 is 35.6 Å². The Hall–Kier alpha value is -4.00. The van der Waals surface area contributed by atoms with Crippen molar-refractivity contribution in [2.45, 2.75) is 12.6 Å². The van der Waals surface area contributed by atoms with E-state index >= 15 is 0 Å². The molecule has 1 aliphatic heterocycles. The molecule has 0 bridgehead atoms. The lowest BCUT2D eigenvalue weighted by Gasteiger charge is -2.32. The Morgan fingerprint density at radius 1 is 0.938 bits per heavy atom. The number of nitrogens with one attached hydrogen (secondary N) is 2. The minimum Gasteiger partial charge on any atom is -0.344 e. The van der Waals surface area contributed by atoms with Gasteiger partial charge in [-0.2, -0.15) is 0 Å². The highest BCUT2D eigenvalue weighted by Gasteiger charge is 2.39. The average Bonchev–Trinajstić information content (AvgIpc) is 2.82. The number of carbonyl (C=O) groups is 3. The molecule has 1 aliphatic rings. The number of benzene rings is 3. The highest BCUT2D eigenvalue weighted by Crippen LogP contribution is 2.23. The van der Waals surface area contributed by atoms with Crippen LogP contribution in [0.3, 0.4) is 0 Å². The third kappa shape index (κ3) is 4.51. The van der Waals surface area contributed by atoms with Gasteiger partial charge >= 0.3 is 6.03 Å². The third-order valence-electron chi connectivity index (χ3n) is 5.42. The second-order valence-electron chi connectivity index (χ2n) is 7.52. The summed E-state index contributed by atoms with van der Waals surface area (Å²) in [5.41, 5.74) is 1.92. The van der Waals surface area contributed by atoms with Crippen molar-refractivity contribution < 1.29 is 18.8 Å². The van der Waals surface area contributed by atoms with Crippen molar-refractivity contribution in [1.29, 1.82) is 0 Å². The van der Waals surface area contributed by atoms with E-state index in [-0.39, 0.29) is 18.7 Å². The van der Waals surface area contributed by atoms with Crippen molar-refractivity contribution in [3.8, 4) is 0 Å². The molecule has 1 fully saturated rings. The van der Waals surface area contributed by atoms with Gasteiger partial charge in [0, 0.05) is 12.1 Å². The summed E-state index contributed by atoms with van der Waals surface area (Å²) in [5.74, 6) is -2.80. The van der Waals surface area contributed by atoms with Gasteiger partial charge in [0.2, 0.25) is 11.8 Å². The van der Waals surface area contributed by atoms with Crippen LogP contribution in [-0.4, -0.2) is 29.3 Å². The van der Waals surface area contributed by atoms with Crippen LogP contribution in [0.25, 0.3) is 0 Å². The molecule has 1 saturated heterocycles. The van der Waals surface area contributed by atoms with E-state index in [1.807, 2.05) is 60.7 Å². The molecule has 1 unspecified atom stereocenters. The lowest BCUT2D eigenvalue weighted by molar-refractivity contribution is -0.141. The molecule has 2 N–H and O–H groups in total. The van der Waals surface area contributed by atoms with Gasteiger partial charge in [0.05, 0.1) is 12.6 Å². The zero-order valence-electron chi connectivity index (χ0n) is 17.2. The summed E-state index contributed by atoms with van der Waals surface area (Å²) in [7, 11) is 0. The van der Waals surface area contributed by atoms with E-state index in [1.165, 1.54) is 18.2 Å². The van der Waals surface area contributed by atoms with Crippen molar-refractivity contribution in [2.75, 3.05) is 6.54 Å². The Kier molecular flexibility index (Phi) is 6.26. The number of halogens is 1. The Bertz CT molecular complexity index is 1080. The molecule has 0 aliphatic carbocycles. The molecule has 7 heteroatoms. The molecule has 0 radical (unpaired) electrons. The molecule has 0 spiro atoms. The molecule has 162 valence electrons. The monoisotopic (exact) mass is 431 g/mol. The van der Waals surface area contributed by atoms with Gasteiger partial charge in [0.15, 0.2) is 0 Å². The molecule has 1 atom stereocenters. The van der Waals surface area contributed by atoms with E-state index in [9.17, 15) is 18.8 Å². The van der Waals surface area contributed by atoms with Crippen LogP contribution in [0.1, 0.15) is 22.7 Å². The normalized spacial score (nSPS) is 16.1. The first-order valence-corrected chi connectivity index (χ1v) is 10.3. The fourth-order valence-corrected chi connectivity index (χ4v) is 3.70. The Balaban J connectivity index is 1.55. The fourth-order valence-electron chi connectivity index (χ4n) is 3.70. The Morgan fingerprint density at radius 3 is 2.09 bits per heavy atom. The minimum absolute atomic E-state index is 0.117. The summed E-state index contributed by atoms with van der Waals surface area (Å²) in [5, 5.41) is 5.52. The molecule has 32 heavy (non-hydrogen) atoms. The SMILES string of the molecule is O=C(NC(c1ccccc1)c1ccccc1)C1CNC(=O)N(Cc2ccccc2F)C1=O. The maximum Gasteiger partial charge on any atom is 0.324 e. The molecular weight excluding hydrogens is 409 g/mol. The Morgan fingerprint density at radius 2 is 1.50 bits per heavy atom. The van der Waals surface area contributed by atoms with Crippen LogP contribution in [0, 0.1) is 11.7 Å². The summed E-state index contributed by atoms with van der Waals surface area (Å²) in [4.78, 5) is 39.4. The predicted molar refractivity (Wildman–Crippen MR) is 117 cm³/mol. The van der Waals surface area contributed by atoms with Gasteiger partial charge in [0.1, 0.15) is 11.7 Å². The smallest absolute Gasteiger partial charge is 0.324 e. The van der Waals surface area contributed by atoms with Crippen molar-refractivity contribution in [3.05, 3.63) is 107 Å². The minimum atomic E-state index is -1.12. The number of hydrogen-bond acceptors (Lipinski definition) is 3. The molecule has 0 saturated carbocycles. The van der Waals surface area contributed by atoms with E-state index in [2.05, 4.69) is 10.6 Å². The van der Waals surface area contributed by atoms with Gasteiger partial charge in [-0.25, -0.2) is 9.18 Å². The first kappa shape index (κ1) is 21.2. The van der Waals surface area contributed by atoms with E-state index in [4.69, 9.17) is 0 Å². The highest BCUT2D eigenvalue weighted by atomic mass is 19.1. The van der Waals surface area contributed by atoms with E-state index in [1.54, 1.807) is 6.07 Å². The second kappa shape index (κ2) is 9.43. The number of urea groups is 1. The summed E-state index contributed by atoms with van der Waals surface area (Å²) in [6.07, 6.45) is 0. The molecule has 0 aromatic heterocycles. The molecule has 4 amide bonds. The van der Waals surface area contributed by atoms with Crippen LogP contribution in [-0.2, 0) is 16.1 Å². The second-order valence-corrected chi connectivity index (χ2v) is 7.52. The van der Waals surface area contributed by atoms with E-state index in [0.29, 0.717) is 0 Å². The van der Waals surface area contributed by atoms with Crippen LogP contribution in [0.4, 0.5) is 9.18 Å². The lowest BCUT2D eigenvalue weighted by atomic mass is 9.97. The topological polar surface area (TPSA) is 78.5 Å². The maximum absolute atomic E-state index is 14.1. The van der Waals surface area contributed by atoms with Crippen molar-refractivity contribution in [2.24, 2.45) is 5.92 Å². The molecular formula is C25H22FN3O3. The van der Waals surface area contributed by atoms with Gasteiger partial charge in [0.25, 0.3) is 0 Å². The predicted octanol–water partition coefficient (Wildman–Crippen LogP) is 3.40. The number of hydrogen-bond donors (Lipinski definition) is 2. The average molecular weight is 431 g/mol. The Labute approximate surface area is 185 Å². The summed E-state index contributed by atoms with van der Waals surface area (Å²) < 4.78 is 14.1. The van der Waals surface area contributed by atoms with Crippen LogP contribution in [0.2, 0.25) is 0 Å². The van der Waals surface area contributed by atoms with Crippen LogP contribution in [0.15, 0.2) is 84.9 Å². The van der Waals surface area contributed by atoms with Crippen LogP contribution >= 0.6 is 0 Å². The summed E-state index contributed by atoms with van der Waals surface area (Å²) in [6, 6.07) is 23.6. The number of carbonyl (C=O) groups excluding carboxylic acids is 3. The number of rotatable bonds is 6. The molecule has 6 nitrogen and oxygen atoms in total. The van der Waals surface area contributed by atoms with Crippen LogP contribution < -0.4 is 10.6 Å². The third-order valence-corrected chi connectivity index (χ3v) is 5.42. The fraction of sp³-hybridized carbons (Fsp3) is 0.160. The largest absolute Gasteiger partial charge is 0.344 e. The molecule has 4 rings (SSSR count). The van der Waals surface area contributed by atoms with E-state index in [0.717, 1.165) is 16.0 Å². The lowest BCUT2D eigenvalue weighted by Crippen LogP contribution is -2.58. The first-order chi connectivity index (χ1) is 15.5. The van der Waals surface area contributed by atoms with Crippen LogP contribution in [0.5, 0.6) is 0 Å². The van der Waals surface area contributed by atoms with Crippen molar-refractivity contribution >= 4 is 17.8 Å². The van der Waals surface area contributed by atoms with Gasteiger partial charge in [-0.05, 0) is 17.2 Å². The zero-order valence-corrected chi connectivity index (χ0v) is 17.2.